The lowest BCUT2D eigenvalue weighted by Crippen LogP contribution is -2.48. The van der Waals surface area contributed by atoms with E-state index in [1.54, 1.807) is 5.57 Å². The average molecular weight is 295 g/mol. The lowest BCUT2D eigenvalue weighted by atomic mass is 9.48. The Balaban J connectivity index is 1.70. The second-order valence-corrected chi connectivity index (χ2v) is 8.76. The molecule has 5 atom stereocenters. The molecule has 0 aromatic rings. The van der Waals surface area contributed by atoms with Gasteiger partial charge in [-0.3, -0.25) is 0 Å². The minimum absolute atomic E-state index is 0.327. The third-order valence-electron chi connectivity index (χ3n) is 8.10. The number of nitrogens with zero attached hydrogens (tertiary/aromatic N) is 1. The molecule has 0 spiro atoms. The van der Waals surface area contributed by atoms with Crippen LogP contribution in [-0.4, -0.2) is 0 Å². The van der Waals surface area contributed by atoms with E-state index in [0.717, 1.165) is 17.8 Å². The topological polar surface area (TPSA) is 23.8 Å². The minimum Gasteiger partial charge on any atom is -0.193 e. The van der Waals surface area contributed by atoms with Gasteiger partial charge in [-0.2, -0.15) is 5.26 Å². The standard InChI is InChI=1S/C21H29N/c1-20-12-4-3-5-15(20)6-8-17-18-9-7-16(11-14-22)21(18,2)13-10-19(17)20/h6,11,17-19H,3-5,7-10,12-13H2,1-2H3/b16-11-. The van der Waals surface area contributed by atoms with Crippen LogP contribution in [0.5, 0.6) is 0 Å². The van der Waals surface area contributed by atoms with E-state index in [0.29, 0.717) is 10.8 Å². The first kappa shape index (κ1) is 14.6. The number of hydrogen-bond donors (Lipinski definition) is 0. The van der Waals surface area contributed by atoms with Gasteiger partial charge >= 0.3 is 0 Å². The summed E-state index contributed by atoms with van der Waals surface area (Å²) < 4.78 is 0. The Kier molecular flexibility index (Phi) is 3.30. The second kappa shape index (κ2) is 4.98. The van der Waals surface area contributed by atoms with Crippen molar-refractivity contribution in [2.75, 3.05) is 0 Å². The molecule has 0 saturated heterocycles. The first-order chi connectivity index (χ1) is 10.6. The first-order valence-electron chi connectivity index (χ1n) is 9.38. The summed E-state index contributed by atoms with van der Waals surface area (Å²) in [7, 11) is 0. The van der Waals surface area contributed by atoms with Crippen LogP contribution in [0.1, 0.15) is 71.6 Å². The van der Waals surface area contributed by atoms with E-state index in [2.05, 4.69) is 26.0 Å². The molecule has 0 N–H and O–H groups in total. The molecule has 0 amide bonds. The van der Waals surface area contributed by atoms with E-state index < -0.39 is 0 Å². The summed E-state index contributed by atoms with van der Waals surface area (Å²) in [5.74, 6) is 2.60. The maximum Gasteiger partial charge on any atom is 0.0911 e. The number of rotatable bonds is 0. The average Bonchev–Trinajstić information content (AvgIpc) is 2.84. The zero-order valence-electron chi connectivity index (χ0n) is 14.2. The van der Waals surface area contributed by atoms with Gasteiger partial charge in [0.15, 0.2) is 0 Å². The highest BCUT2D eigenvalue weighted by Gasteiger charge is 2.56. The van der Waals surface area contributed by atoms with Crippen molar-refractivity contribution in [2.45, 2.75) is 71.6 Å². The smallest absolute Gasteiger partial charge is 0.0911 e. The molecular weight excluding hydrogens is 266 g/mol. The van der Waals surface area contributed by atoms with Crippen LogP contribution in [0.25, 0.3) is 0 Å². The zero-order valence-corrected chi connectivity index (χ0v) is 14.2. The summed E-state index contributed by atoms with van der Waals surface area (Å²) in [6, 6.07) is 2.32. The fraction of sp³-hybridized carbons (Fsp3) is 0.762. The van der Waals surface area contributed by atoms with Crippen molar-refractivity contribution in [1.82, 2.24) is 0 Å². The van der Waals surface area contributed by atoms with Crippen molar-refractivity contribution >= 4 is 0 Å². The third-order valence-corrected chi connectivity index (χ3v) is 8.10. The lowest BCUT2D eigenvalue weighted by molar-refractivity contribution is -0.0135. The molecular formula is C21H29N. The summed E-state index contributed by atoms with van der Waals surface area (Å²) in [5, 5.41) is 9.12. The molecule has 0 aromatic heterocycles. The summed E-state index contributed by atoms with van der Waals surface area (Å²) in [4.78, 5) is 0. The Morgan fingerprint density at radius 2 is 1.91 bits per heavy atom. The molecule has 0 heterocycles. The van der Waals surface area contributed by atoms with Crippen LogP contribution in [0.3, 0.4) is 0 Å². The predicted octanol–water partition coefficient (Wildman–Crippen LogP) is 5.79. The number of nitriles is 1. The molecule has 22 heavy (non-hydrogen) atoms. The highest BCUT2D eigenvalue weighted by molar-refractivity contribution is 5.31. The fourth-order valence-electron chi connectivity index (χ4n) is 6.86. The van der Waals surface area contributed by atoms with Crippen molar-refractivity contribution in [3.8, 4) is 6.07 Å². The summed E-state index contributed by atoms with van der Waals surface area (Å²) in [6.45, 7) is 5.05. The SMILES string of the molecule is CC12CCCCC1=CCC1C2CCC2(C)/C(=C\C#N)CCC12. The molecule has 4 rings (SSSR count). The molecule has 1 nitrogen and oxygen atoms in total. The van der Waals surface area contributed by atoms with Crippen LogP contribution in [0.2, 0.25) is 0 Å². The van der Waals surface area contributed by atoms with Gasteiger partial charge in [0, 0.05) is 6.08 Å². The molecule has 4 aliphatic rings. The van der Waals surface area contributed by atoms with E-state index in [1.807, 2.05) is 6.08 Å². The van der Waals surface area contributed by atoms with Crippen molar-refractivity contribution in [3.63, 3.8) is 0 Å². The maximum atomic E-state index is 9.12. The van der Waals surface area contributed by atoms with E-state index in [-0.39, 0.29) is 0 Å². The van der Waals surface area contributed by atoms with Gasteiger partial charge < -0.3 is 0 Å². The van der Waals surface area contributed by atoms with Crippen LogP contribution < -0.4 is 0 Å². The van der Waals surface area contributed by atoms with Crippen LogP contribution in [0.4, 0.5) is 0 Å². The van der Waals surface area contributed by atoms with Crippen LogP contribution in [0.15, 0.2) is 23.3 Å². The van der Waals surface area contributed by atoms with Gasteiger partial charge in [-0.25, -0.2) is 0 Å². The van der Waals surface area contributed by atoms with Gasteiger partial charge in [-0.1, -0.05) is 37.5 Å². The van der Waals surface area contributed by atoms with E-state index >= 15 is 0 Å². The van der Waals surface area contributed by atoms with Gasteiger partial charge in [0.05, 0.1) is 6.07 Å². The minimum atomic E-state index is 0.327. The highest BCUT2D eigenvalue weighted by Crippen LogP contribution is 2.65. The molecule has 0 aliphatic heterocycles. The van der Waals surface area contributed by atoms with Gasteiger partial charge in [-0.05, 0) is 80.0 Å². The molecule has 0 radical (unpaired) electrons. The molecule has 0 aromatic carbocycles. The van der Waals surface area contributed by atoms with Gasteiger partial charge in [-0.15, -0.1) is 0 Å². The Morgan fingerprint density at radius 3 is 2.73 bits per heavy atom. The van der Waals surface area contributed by atoms with Crippen LogP contribution >= 0.6 is 0 Å². The first-order valence-corrected chi connectivity index (χ1v) is 9.38. The van der Waals surface area contributed by atoms with Crippen molar-refractivity contribution in [3.05, 3.63) is 23.3 Å². The van der Waals surface area contributed by atoms with Crippen molar-refractivity contribution in [1.29, 1.82) is 5.26 Å². The highest BCUT2D eigenvalue weighted by atomic mass is 14.6. The summed E-state index contributed by atoms with van der Waals surface area (Å²) in [6.07, 6.45) is 16.7. The number of allylic oxidation sites excluding steroid dienone is 4. The lowest BCUT2D eigenvalue weighted by Gasteiger charge is -2.57. The van der Waals surface area contributed by atoms with Gasteiger partial charge in [0.1, 0.15) is 0 Å². The Labute approximate surface area is 135 Å². The van der Waals surface area contributed by atoms with Crippen LogP contribution in [-0.2, 0) is 0 Å². The summed E-state index contributed by atoms with van der Waals surface area (Å²) in [5.41, 5.74) is 4.09. The monoisotopic (exact) mass is 295 g/mol. The molecule has 3 saturated carbocycles. The largest absolute Gasteiger partial charge is 0.193 e. The van der Waals surface area contributed by atoms with Gasteiger partial charge in [0.25, 0.3) is 0 Å². The van der Waals surface area contributed by atoms with E-state index in [9.17, 15) is 0 Å². The number of hydrogen-bond acceptors (Lipinski definition) is 1. The molecule has 5 unspecified atom stereocenters. The Hall–Kier alpha value is -1.03. The maximum absolute atomic E-state index is 9.12. The number of fused-ring (bicyclic) bond motifs is 5. The predicted molar refractivity (Wildman–Crippen MR) is 90.0 cm³/mol. The Morgan fingerprint density at radius 1 is 1.09 bits per heavy atom. The Bertz CT molecular complexity index is 577. The fourth-order valence-corrected chi connectivity index (χ4v) is 6.86. The quantitative estimate of drug-likeness (QED) is 0.410. The van der Waals surface area contributed by atoms with Crippen molar-refractivity contribution in [2.24, 2.45) is 28.6 Å². The van der Waals surface area contributed by atoms with E-state index in [4.69, 9.17) is 5.26 Å². The molecule has 0 bridgehead atoms. The summed E-state index contributed by atoms with van der Waals surface area (Å²) >= 11 is 0. The van der Waals surface area contributed by atoms with E-state index in [1.165, 1.54) is 63.4 Å². The van der Waals surface area contributed by atoms with Crippen LogP contribution in [0, 0.1) is 39.9 Å². The molecule has 4 aliphatic carbocycles. The molecule has 1 heteroatoms. The van der Waals surface area contributed by atoms with Gasteiger partial charge in [0.2, 0.25) is 0 Å². The zero-order chi connectivity index (χ0) is 15.4. The third kappa shape index (κ3) is 1.82. The normalized spacial score (nSPS) is 48.9. The molecule has 3 fully saturated rings. The second-order valence-electron chi connectivity index (χ2n) is 8.76. The molecule has 118 valence electrons. The van der Waals surface area contributed by atoms with Crippen molar-refractivity contribution < 1.29 is 0 Å².